The van der Waals surface area contributed by atoms with E-state index in [-0.39, 0.29) is 17.7 Å². The van der Waals surface area contributed by atoms with Gasteiger partial charge >= 0.3 is 0 Å². The summed E-state index contributed by atoms with van der Waals surface area (Å²) in [5, 5.41) is 25.5. The number of hydrogen-bond acceptors (Lipinski definition) is 6. The van der Waals surface area contributed by atoms with Crippen LogP contribution in [0.2, 0.25) is 0 Å². The molecule has 0 bridgehead atoms. The fraction of sp³-hybridized carbons (Fsp3) is 0.500. The summed E-state index contributed by atoms with van der Waals surface area (Å²) in [7, 11) is 1.60. The summed E-state index contributed by atoms with van der Waals surface area (Å²) in [6.07, 6.45) is -0.944. The summed E-state index contributed by atoms with van der Waals surface area (Å²) < 4.78 is 12.0. The molecule has 1 amide bonds. The lowest BCUT2D eigenvalue weighted by Gasteiger charge is -2.42. The monoisotopic (exact) mass is 341 g/mol. The van der Waals surface area contributed by atoms with Crippen LogP contribution in [0, 0.1) is 23.2 Å². The zero-order valence-corrected chi connectivity index (χ0v) is 14.3. The van der Waals surface area contributed by atoms with Gasteiger partial charge in [0.2, 0.25) is 11.8 Å². The molecule has 0 unspecified atom stereocenters. The molecule has 0 saturated heterocycles. The summed E-state index contributed by atoms with van der Waals surface area (Å²) in [6.45, 7) is 3.57. The summed E-state index contributed by atoms with van der Waals surface area (Å²) >= 11 is 0. The topological polar surface area (TPSA) is 95.2 Å². The van der Waals surface area contributed by atoms with Crippen molar-refractivity contribution in [3.63, 3.8) is 0 Å². The first kappa shape index (κ1) is 15.9. The summed E-state index contributed by atoms with van der Waals surface area (Å²) in [5.41, 5.74) is 0.224. The highest BCUT2D eigenvalue weighted by Crippen LogP contribution is 2.48. The first-order chi connectivity index (χ1) is 11.8. The summed E-state index contributed by atoms with van der Waals surface area (Å²) in [6, 6.07) is 7.15. The van der Waals surface area contributed by atoms with Gasteiger partial charge in [0.05, 0.1) is 17.6 Å². The van der Waals surface area contributed by atoms with Crippen molar-refractivity contribution >= 4 is 11.8 Å². The molecule has 1 saturated carbocycles. The van der Waals surface area contributed by atoms with Gasteiger partial charge in [-0.3, -0.25) is 4.79 Å². The number of fused-ring (bicyclic) bond motifs is 2. The second-order valence-electron chi connectivity index (χ2n) is 7.30. The van der Waals surface area contributed by atoms with Crippen LogP contribution in [0.1, 0.15) is 37.5 Å². The Morgan fingerprint density at radius 2 is 2.20 bits per heavy atom. The highest BCUT2D eigenvalue weighted by atomic mass is 16.5. The molecule has 3 aliphatic rings. The first-order valence-electron chi connectivity index (χ1n) is 8.25. The van der Waals surface area contributed by atoms with E-state index in [9.17, 15) is 9.90 Å². The number of nitrogens with zero attached hydrogens (tertiary/aromatic N) is 3. The van der Waals surface area contributed by atoms with Gasteiger partial charge in [-0.05, 0) is 38.5 Å². The van der Waals surface area contributed by atoms with Gasteiger partial charge in [0, 0.05) is 18.5 Å². The Morgan fingerprint density at radius 3 is 2.92 bits per heavy atom. The molecule has 0 radical (unpaired) electrons. The molecule has 0 spiro atoms. The van der Waals surface area contributed by atoms with Crippen molar-refractivity contribution in [1.82, 2.24) is 5.01 Å². The molecule has 1 fully saturated rings. The van der Waals surface area contributed by atoms with Crippen LogP contribution in [0.15, 0.2) is 23.3 Å². The number of hydrazone groups is 1. The molecular formula is C18H19N3O4. The average molecular weight is 341 g/mol. The van der Waals surface area contributed by atoms with E-state index in [4.69, 9.17) is 14.7 Å². The van der Waals surface area contributed by atoms with E-state index in [2.05, 4.69) is 11.2 Å². The fourth-order valence-corrected chi connectivity index (χ4v) is 3.43. The van der Waals surface area contributed by atoms with Crippen LogP contribution in [-0.4, -0.2) is 40.7 Å². The van der Waals surface area contributed by atoms with Gasteiger partial charge in [-0.25, -0.2) is 5.01 Å². The second kappa shape index (κ2) is 5.20. The van der Waals surface area contributed by atoms with E-state index in [1.54, 1.807) is 39.1 Å². The van der Waals surface area contributed by atoms with E-state index >= 15 is 0 Å². The van der Waals surface area contributed by atoms with Crippen molar-refractivity contribution in [3.05, 3.63) is 29.3 Å². The number of amides is 1. The van der Waals surface area contributed by atoms with Crippen LogP contribution in [0.5, 0.6) is 5.75 Å². The number of nitriles is 1. The van der Waals surface area contributed by atoms with Crippen molar-refractivity contribution in [1.29, 1.82) is 5.26 Å². The summed E-state index contributed by atoms with van der Waals surface area (Å²) in [5.74, 6) is 0.934. The minimum absolute atomic E-state index is 0.00243. The molecule has 0 aromatic heterocycles. The van der Waals surface area contributed by atoms with E-state index in [1.165, 1.54) is 5.01 Å². The van der Waals surface area contributed by atoms with Crippen LogP contribution in [0.4, 0.5) is 0 Å². The minimum Gasteiger partial charge on any atom is -0.485 e. The van der Waals surface area contributed by atoms with Crippen molar-refractivity contribution in [3.8, 4) is 11.8 Å². The van der Waals surface area contributed by atoms with Crippen molar-refractivity contribution in [2.45, 2.75) is 38.1 Å². The Balaban J connectivity index is 1.72. The lowest BCUT2D eigenvalue weighted by atomic mass is 9.87. The SMILES string of the molecule is CN1N=C(O[C@H]2c3cc(C#N)ccc3OC(C)(C)[C@@H]2O)[C@H]2C[C@H]2C1=O. The normalized spacial score (nSPS) is 31.9. The highest BCUT2D eigenvalue weighted by Gasteiger charge is 2.54. The average Bonchev–Trinajstić information content (AvgIpc) is 3.37. The molecule has 7 heteroatoms. The van der Waals surface area contributed by atoms with Gasteiger partial charge in [-0.1, -0.05) is 0 Å². The Hall–Kier alpha value is -2.59. The molecule has 2 aliphatic heterocycles. The minimum atomic E-state index is -0.947. The van der Waals surface area contributed by atoms with Gasteiger partial charge in [-0.2, -0.15) is 5.26 Å². The molecule has 25 heavy (non-hydrogen) atoms. The van der Waals surface area contributed by atoms with E-state index in [0.29, 0.717) is 22.8 Å². The number of carbonyl (C=O) groups is 1. The Kier molecular flexibility index (Phi) is 3.31. The molecule has 2 heterocycles. The van der Waals surface area contributed by atoms with Crippen LogP contribution in [-0.2, 0) is 9.53 Å². The molecule has 4 atom stereocenters. The molecule has 1 N–H and O–H groups in total. The largest absolute Gasteiger partial charge is 0.485 e. The van der Waals surface area contributed by atoms with Gasteiger partial charge in [-0.15, -0.1) is 5.10 Å². The van der Waals surface area contributed by atoms with Crippen LogP contribution in [0.3, 0.4) is 0 Å². The number of aliphatic hydroxyl groups is 1. The Labute approximate surface area is 145 Å². The number of hydrogen-bond donors (Lipinski definition) is 1. The Bertz CT molecular complexity index is 826. The number of carbonyl (C=O) groups excluding carboxylic acids is 1. The fourth-order valence-electron chi connectivity index (χ4n) is 3.43. The summed E-state index contributed by atoms with van der Waals surface area (Å²) in [4.78, 5) is 11.9. The molecule has 7 nitrogen and oxygen atoms in total. The van der Waals surface area contributed by atoms with Crippen LogP contribution in [0.25, 0.3) is 0 Å². The lowest BCUT2D eigenvalue weighted by molar-refractivity contribution is -0.133. The molecule has 130 valence electrons. The highest BCUT2D eigenvalue weighted by molar-refractivity contribution is 5.96. The van der Waals surface area contributed by atoms with Crippen molar-refractivity contribution in [2.75, 3.05) is 7.05 Å². The molecule has 4 rings (SSSR count). The van der Waals surface area contributed by atoms with E-state index in [0.717, 1.165) is 6.42 Å². The number of benzene rings is 1. The van der Waals surface area contributed by atoms with Crippen LogP contribution < -0.4 is 4.74 Å². The zero-order chi connectivity index (χ0) is 17.9. The maximum Gasteiger partial charge on any atom is 0.246 e. The van der Waals surface area contributed by atoms with E-state index < -0.39 is 17.8 Å². The van der Waals surface area contributed by atoms with Gasteiger partial charge in [0.1, 0.15) is 17.5 Å². The number of aliphatic hydroxyl groups excluding tert-OH is 1. The smallest absolute Gasteiger partial charge is 0.246 e. The van der Waals surface area contributed by atoms with E-state index in [1.807, 2.05) is 0 Å². The predicted molar refractivity (Wildman–Crippen MR) is 87.5 cm³/mol. The standard InChI is InChI=1S/C18H19N3O4/c1-18(2)15(22)14(12-6-9(8-19)4-5-13(12)25-18)24-16-10-7-11(10)17(23)21(3)20-16/h4-6,10-11,14-15,22H,7H2,1-3H3/t10-,11+,14-,15+/m0/s1. The van der Waals surface area contributed by atoms with Crippen LogP contribution >= 0.6 is 0 Å². The molecule has 1 aromatic carbocycles. The third-order valence-corrected chi connectivity index (χ3v) is 5.06. The van der Waals surface area contributed by atoms with Crippen molar-refractivity contribution < 1.29 is 19.4 Å². The molecular weight excluding hydrogens is 322 g/mol. The maximum absolute atomic E-state index is 11.9. The molecule has 1 aliphatic carbocycles. The van der Waals surface area contributed by atoms with Gasteiger partial charge in [0.15, 0.2) is 6.10 Å². The maximum atomic E-state index is 11.9. The third kappa shape index (κ3) is 2.45. The predicted octanol–water partition coefficient (Wildman–Crippen LogP) is 1.57. The molecule has 1 aromatic rings. The number of ether oxygens (including phenoxy) is 2. The number of rotatable bonds is 1. The quantitative estimate of drug-likeness (QED) is 0.836. The first-order valence-corrected chi connectivity index (χ1v) is 8.25. The zero-order valence-electron chi connectivity index (χ0n) is 14.3. The lowest BCUT2D eigenvalue weighted by Crippen LogP contribution is -2.50. The third-order valence-electron chi connectivity index (χ3n) is 5.06. The second-order valence-corrected chi connectivity index (χ2v) is 7.30. The Morgan fingerprint density at radius 1 is 1.44 bits per heavy atom. The van der Waals surface area contributed by atoms with Gasteiger partial charge < -0.3 is 14.6 Å². The van der Waals surface area contributed by atoms with Crippen molar-refractivity contribution in [2.24, 2.45) is 16.9 Å². The van der Waals surface area contributed by atoms with Gasteiger partial charge in [0.25, 0.3) is 0 Å².